The Morgan fingerprint density at radius 1 is 1.07 bits per heavy atom. The number of nitrogens with zero attached hydrogens (tertiary/aromatic N) is 1. The normalized spacial score (nSPS) is 16.2. The molecule has 3 N–H and O–H groups in total. The predicted octanol–water partition coefficient (Wildman–Crippen LogP) is 1.38. The number of ether oxygens (including phenoxy) is 1. The summed E-state index contributed by atoms with van der Waals surface area (Å²) in [6.45, 7) is 1.31. The molecule has 1 heterocycles. The maximum atomic E-state index is 12.6. The maximum Gasteiger partial charge on any atom is 0.329 e. The predicted molar refractivity (Wildman–Crippen MR) is 96.2 cm³/mol. The van der Waals surface area contributed by atoms with Crippen molar-refractivity contribution in [3.63, 3.8) is 0 Å². The fraction of sp³-hybridized carbons (Fsp3) is 0.158. The summed E-state index contributed by atoms with van der Waals surface area (Å²) in [6.07, 6.45) is 0.292. The van der Waals surface area contributed by atoms with Crippen molar-refractivity contribution >= 4 is 29.5 Å². The molecule has 1 aliphatic heterocycles. The van der Waals surface area contributed by atoms with E-state index in [-0.39, 0.29) is 5.56 Å². The quantitative estimate of drug-likeness (QED) is 0.470. The topological polar surface area (TPSA) is 119 Å². The monoisotopic (exact) mass is 367 g/mol. The number of primary amides is 1. The molecule has 0 aliphatic carbocycles. The lowest BCUT2D eigenvalue weighted by Crippen LogP contribution is -2.32. The number of nitrogens with two attached hydrogens (primary N) is 1. The number of amides is 4. The van der Waals surface area contributed by atoms with E-state index in [0.717, 1.165) is 10.5 Å². The molecule has 1 fully saturated rings. The minimum absolute atomic E-state index is 0.287. The van der Waals surface area contributed by atoms with Crippen LogP contribution in [0.15, 0.2) is 48.5 Å². The van der Waals surface area contributed by atoms with Gasteiger partial charge in [-0.1, -0.05) is 12.1 Å². The zero-order chi connectivity index (χ0) is 19.6. The first-order valence-corrected chi connectivity index (χ1v) is 8.17. The summed E-state index contributed by atoms with van der Waals surface area (Å²) >= 11 is 0. The third-order valence-corrected chi connectivity index (χ3v) is 4.05. The molecular formula is C19H17N3O5. The van der Waals surface area contributed by atoms with Crippen molar-refractivity contribution < 1.29 is 23.9 Å². The first kappa shape index (κ1) is 18.1. The molecule has 1 saturated heterocycles. The van der Waals surface area contributed by atoms with E-state index < -0.39 is 29.9 Å². The second-order valence-electron chi connectivity index (χ2n) is 6.03. The molecule has 4 amide bonds. The number of esters is 1. The lowest BCUT2D eigenvalue weighted by atomic mass is 10.1. The van der Waals surface area contributed by atoms with Crippen LogP contribution in [0.4, 0.5) is 10.5 Å². The average molecular weight is 367 g/mol. The van der Waals surface area contributed by atoms with E-state index in [4.69, 9.17) is 10.5 Å². The second kappa shape index (κ2) is 7.28. The highest BCUT2D eigenvalue weighted by atomic mass is 16.5. The molecule has 0 saturated carbocycles. The van der Waals surface area contributed by atoms with Crippen LogP contribution in [0.2, 0.25) is 0 Å². The van der Waals surface area contributed by atoms with Crippen LogP contribution in [0, 0.1) is 0 Å². The second-order valence-corrected chi connectivity index (χ2v) is 6.03. The number of carbonyl (C=O) groups excluding carboxylic acids is 4. The first-order valence-electron chi connectivity index (χ1n) is 8.17. The summed E-state index contributed by atoms with van der Waals surface area (Å²) in [6, 6.07) is 11.3. The summed E-state index contributed by atoms with van der Waals surface area (Å²) in [7, 11) is 0. The number of hydrogen-bond donors (Lipinski definition) is 2. The van der Waals surface area contributed by atoms with E-state index in [0.29, 0.717) is 17.9 Å². The molecule has 2 aromatic rings. The van der Waals surface area contributed by atoms with Crippen LogP contribution in [-0.4, -0.2) is 29.9 Å². The fourth-order valence-corrected chi connectivity index (χ4v) is 2.78. The lowest BCUT2D eigenvalue weighted by Gasteiger charge is -2.13. The number of nitrogens with one attached hydrogen (secondary N) is 1. The Kier molecular flexibility index (Phi) is 4.89. The SMILES string of the molecule is CC(=O)Oc1ccc(CC2NC(=O)N(c3ccc(C(N)=O)cc3)C2=O)cc1. The Morgan fingerprint density at radius 2 is 1.70 bits per heavy atom. The smallest absolute Gasteiger partial charge is 0.329 e. The lowest BCUT2D eigenvalue weighted by molar-refractivity contribution is -0.131. The molecule has 2 aromatic carbocycles. The highest BCUT2D eigenvalue weighted by molar-refractivity contribution is 6.21. The molecule has 138 valence electrons. The first-order chi connectivity index (χ1) is 12.8. The average Bonchev–Trinajstić information content (AvgIpc) is 2.90. The van der Waals surface area contributed by atoms with Crippen LogP contribution >= 0.6 is 0 Å². The summed E-state index contributed by atoms with van der Waals surface area (Å²) in [5, 5.41) is 2.65. The summed E-state index contributed by atoms with van der Waals surface area (Å²) in [4.78, 5) is 48.0. The van der Waals surface area contributed by atoms with Crippen molar-refractivity contribution in [3.8, 4) is 5.75 Å². The van der Waals surface area contributed by atoms with Crippen LogP contribution in [0.3, 0.4) is 0 Å². The minimum atomic E-state index is -0.715. The molecule has 8 nitrogen and oxygen atoms in total. The van der Waals surface area contributed by atoms with Gasteiger partial charge in [0, 0.05) is 18.9 Å². The largest absolute Gasteiger partial charge is 0.427 e. The Morgan fingerprint density at radius 3 is 2.26 bits per heavy atom. The van der Waals surface area contributed by atoms with E-state index in [9.17, 15) is 19.2 Å². The summed E-state index contributed by atoms with van der Waals surface area (Å²) < 4.78 is 4.96. The van der Waals surface area contributed by atoms with Crippen LogP contribution in [0.25, 0.3) is 0 Å². The zero-order valence-corrected chi connectivity index (χ0v) is 14.5. The van der Waals surface area contributed by atoms with Gasteiger partial charge in [-0.05, 0) is 42.0 Å². The van der Waals surface area contributed by atoms with Crippen LogP contribution in [0.1, 0.15) is 22.8 Å². The van der Waals surface area contributed by atoms with Crippen molar-refractivity contribution in [3.05, 3.63) is 59.7 Å². The Bertz CT molecular complexity index is 906. The standard InChI is InChI=1S/C19H17N3O5/c1-11(23)27-15-8-2-12(3-9-15)10-16-18(25)22(19(26)21-16)14-6-4-13(5-7-14)17(20)24/h2-9,16H,10H2,1H3,(H2,20,24)(H,21,26). The minimum Gasteiger partial charge on any atom is -0.427 e. The van der Waals surface area contributed by atoms with Gasteiger partial charge in [0.25, 0.3) is 5.91 Å². The molecule has 0 radical (unpaired) electrons. The van der Waals surface area contributed by atoms with Crippen molar-refractivity contribution in [2.24, 2.45) is 5.73 Å². The zero-order valence-electron chi connectivity index (χ0n) is 14.5. The van der Waals surface area contributed by atoms with E-state index in [1.165, 1.54) is 31.2 Å². The van der Waals surface area contributed by atoms with Crippen molar-refractivity contribution in [2.75, 3.05) is 4.90 Å². The highest BCUT2D eigenvalue weighted by Gasteiger charge is 2.38. The molecule has 27 heavy (non-hydrogen) atoms. The third-order valence-electron chi connectivity index (χ3n) is 4.05. The molecular weight excluding hydrogens is 350 g/mol. The number of anilines is 1. The number of benzene rings is 2. The van der Waals surface area contributed by atoms with Gasteiger partial charge >= 0.3 is 12.0 Å². The molecule has 0 bridgehead atoms. The van der Waals surface area contributed by atoms with Crippen LogP contribution in [0.5, 0.6) is 5.75 Å². The fourth-order valence-electron chi connectivity index (χ4n) is 2.78. The number of urea groups is 1. The molecule has 1 atom stereocenters. The van der Waals surface area contributed by atoms with Gasteiger partial charge in [-0.15, -0.1) is 0 Å². The molecule has 0 spiro atoms. The van der Waals surface area contributed by atoms with Gasteiger partial charge in [-0.2, -0.15) is 0 Å². The Hall–Kier alpha value is -3.68. The van der Waals surface area contributed by atoms with Gasteiger partial charge in [0.2, 0.25) is 5.91 Å². The Balaban J connectivity index is 1.72. The number of rotatable bonds is 5. The van der Waals surface area contributed by atoms with Gasteiger partial charge in [0.1, 0.15) is 11.8 Å². The van der Waals surface area contributed by atoms with Crippen LogP contribution < -0.4 is 20.7 Å². The van der Waals surface area contributed by atoms with Gasteiger partial charge in [-0.3, -0.25) is 14.4 Å². The van der Waals surface area contributed by atoms with E-state index in [2.05, 4.69) is 5.32 Å². The van der Waals surface area contributed by atoms with Gasteiger partial charge in [0.15, 0.2) is 0 Å². The highest BCUT2D eigenvalue weighted by Crippen LogP contribution is 2.22. The van der Waals surface area contributed by atoms with Crippen molar-refractivity contribution in [1.29, 1.82) is 0 Å². The number of hydrogen-bond acceptors (Lipinski definition) is 5. The van der Waals surface area contributed by atoms with Gasteiger partial charge in [-0.25, -0.2) is 9.69 Å². The molecule has 1 aliphatic rings. The number of carbonyl (C=O) groups is 4. The Labute approximate surface area is 154 Å². The molecule has 1 unspecified atom stereocenters. The summed E-state index contributed by atoms with van der Waals surface area (Å²) in [5.74, 6) is -0.993. The van der Waals surface area contributed by atoms with Gasteiger partial charge in [0.05, 0.1) is 5.69 Å². The maximum absolute atomic E-state index is 12.6. The van der Waals surface area contributed by atoms with Gasteiger partial charge < -0.3 is 15.8 Å². The molecule has 0 aromatic heterocycles. The molecule has 3 rings (SSSR count). The van der Waals surface area contributed by atoms with E-state index >= 15 is 0 Å². The van der Waals surface area contributed by atoms with E-state index in [1.807, 2.05) is 0 Å². The third kappa shape index (κ3) is 3.95. The van der Waals surface area contributed by atoms with Crippen molar-refractivity contribution in [2.45, 2.75) is 19.4 Å². The van der Waals surface area contributed by atoms with Crippen LogP contribution in [-0.2, 0) is 16.0 Å². The summed E-state index contributed by atoms with van der Waals surface area (Å²) in [5.41, 5.74) is 6.64. The molecule has 8 heteroatoms. The number of imide groups is 1. The van der Waals surface area contributed by atoms with E-state index in [1.54, 1.807) is 24.3 Å². The van der Waals surface area contributed by atoms with Crippen molar-refractivity contribution in [1.82, 2.24) is 5.32 Å².